The van der Waals surface area contributed by atoms with E-state index >= 15 is 0 Å². The van der Waals surface area contributed by atoms with Crippen LogP contribution in [0.1, 0.15) is 28.8 Å². The maximum atomic E-state index is 12.9. The molecule has 2 aromatic carbocycles. The Bertz CT molecular complexity index is 921. The molecule has 0 aliphatic carbocycles. The van der Waals surface area contributed by atoms with Crippen molar-refractivity contribution in [2.75, 3.05) is 19.3 Å². The number of carbonyl (C=O) groups is 1. The van der Waals surface area contributed by atoms with Crippen LogP contribution in [-0.4, -0.2) is 39.8 Å². The molecule has 4 nitrogen and oxygen atoms in total. The minimum atomic E-state index is 0.0815. The van der Waals surface area contributed by atoms with Crippen LogP contribution in [0.25, 0.3) is 5.69 Å². The van der Waals surface area contributed by atoms with Crippen LogP contribution in [-0.2, 0) is 6.54 Å². The van der Waals surface area contributed by atoms with E-state index in [9.17, 15) is 4.79 Å². The number of para-hydroxylation sites is 1. The first-order valence-corrected chi connectivity index (χ1v) is 10.9. The van der Waals surface area contributed by atoms with Crippen LogP contribution in [0, 0.1) is 5.92 Å². The topological polar surface area (TPSA) is 38.1 Å². The highest BCUT2D eigenvalue weighted by Gasteiger charge is 2.26. The van der Waals surface area contributed by atoms with E-state index in [1.54, 1.807) is 11.8 Å². The molecule has 0 amide bonds. The number of aromatic nitrogens is 2. The molecule has 144 valence electrons. The largest absolute Gasteiger partial charge is 0.298 e. The van der Waals surface area contributed by atoms with Crippen molar-refractivity contribution in [2.24, 2.45) is 5.92 Å². The van der Waals surface area contributed by atoms with Crippen molar-refractivity contribution in [3.63, 3.8) is 0 Å². The molecule has 3 aromatic rings. The van der Waals surface area contributed by atoms with E-state index in [2.05, 4.69) is 34.6 Å². The lowest BCUT2D eigenvalue weighted by Gasteiger charge is -2.31. The van der Waals surface area contributed by atoms with Crippen molar-refractivity contribution in [3.05, 3.63) is 78.1 Å². The van der Waals surface area contributed by atoms with Crippen molar-refractivity contribution in [1.82, 2.24) is 14.7 Å². The zero-order valence-electron chi connectivity index (χ0n) is 16.1. The number of hydrogen-bond donors (Lipinski definition) is 0. The summed E-state index contributed by atoms with van der Waals surface area (Å²) in [6.07, 6.45) is 8.10. The number of likely N-dealkylation sites (tertiary alicyclic amines) is 1. The molecule has 1 fully saturated rings. The molecule has 2 heterocycles. The first-order chi connectivity index (χ1) is 13.7. The van der Waals surface area contributed by atoms with Crippen LogP contribution in [0.2, 0.25) is 0 Å². The van der Waals surface area contributed by atoms with E-state index in [0.717, 1.165) is 43.7 Å². The van der Waals surface area contributed by atoms with Gasteiger partial charge in [0, 0.05) is 41.2 Å². The minimum absolute atomic E-state index is 0.0815. The molecule has 1 atom stereocenters. The summed E-state index contributed by atoms with van der Waals surface area (Å²) in [5.74, 6) is 0.357. The second-order valence-electron chi connectivity index (χ2n) is 7.30. The van der Waals surface area contributed by atoms with Crippen molar-refractivity contribution < 1.29 is 4.79 Å². The Morgan fingerprint density at radius 3 is 2.68 bits per heavy atom. The van der Waals surface area contributed by atoms with Crippen LogP contribution < -0.4 is 0 Å². The molecular weight excluding hydrogens is 366 g/mol. The molecule has 0 unspecified atom stereocenters. The standard InChI is InChI=1S/C23H25N3OS/c1-28-22-11-9-19(10-12-22)23(27)20-6-5-13-25(17-20)15-18-14-24-26(16-18)21-7-3-2-4-8-21/h2-4,7-12,14,16,20H,5-6,13,15,17H2,1H3/t20-/m1/s1. The van der Waals surface area contributed by atoms with Gasteiger partial charge in [0.1, 0.15) is 0 Å². The lowest BCUT2D eigenvalue weighted by molar-refractivity contribution is 0.0811. The van der Waals surface area contributed by atoms with Gasteiger partial charge in [-0.1, -0.05) is 30.3 Å². The summed E-state index contributed by atoms with van der Waals surface area (Å²) in [7, 11) is 0. The summed E-state index contributed by atoms with van der Waals surface area (Å²) in [4.78, 5) is 16.5. The molecule has 0 bridgehead atoms. The van der Waals surface area contributed by atoms with Crippen molar-refractivity contribution in [3.8, 4) is 5.69 Å². The summed E-state index contributed by atoms with van der Waals surface area (Å²) in [6.45, 7) is 2.69. The van der Waals surface area contributed by atoms with Gasteiger partial charge in [-0.3, -0.25) is 9.69 Å². The highest BCUT2D eigenvalue weighted by molar-refractivity contribution is 7.98. The van der Waals surface area contributed by atoms with Gasteiger partial charge < -0.3 is 0 Å². The molecule has 0 N–H and O–H groups in total. The van der Waals surface area contributed by atoms with Crippen LogP contribution >= 0.6 is 11.8 Å². The molecule has 1 aliphatic rings. The quantitative estimate of drug-likeness (QED) is 0.451. The summed E-state index contributed by atoms with van der Waals surface area (Å²) in [6, 6.07) is 18.2. The van der Waals surface area contributed by atoms with Crippen LogP contribution in [0.4, 0.5) is 0 Å². The molecule has 28 heavy (non-hydrogen) atoms. The van der Waals surface area contributed by atoms with Gasteiger partial charge in [0.25, 0.3) is 0 Å². The summed E-state index contributed by atoms with van der Waals surface area (Å²) in [5.41, 5.74) is 3.08. The average Bonchev–Trinajstić information content (AvgIpc) is 3.22. The fraction of sp³-hybridized carbons (Fsp3) is 0.304. The van der Waals surface area contributed by atoms with Gasteiger partial charge in [0.15, 0.2) is 5.78 Å². The van der Waals surface area contributed by atoms with Crippen molar-refractivity contribution in [2.45, 2.75) is 24.3 Å². The molecule has 0 radical (unpaired) electrons. The van der Waals surface area contributed by atoms with E-state index in [0.29, 0.717) is 0 Å². The number of carbonyl (C=O) groups excluding carboxylic acids is 1. The monoisotopic (exact) mass is 391 g/mol. The van der Waals surface area contributed by atoms with Crippen LogP contribution in [0.15, 0.2) is 71.9 Å². The fourth-order valence-corrected chi connectivity index (χ4v) is 4.23. The Kier molecular flexibility index (Phi) is 5.93. The number of thioether (sulfide) groups is 1. The van der Waals surface area contributed by atoms with Gasteiger partial charge >= 0.3 is 0 Å². The number of benzene rings is 2. The van der Waals surface area contributed by atoms with Gasteiger partial charge in [-0.25, -0.2) is 4.68 Å². The van der Waals surface area contributed by atoms with Gasteiger partial charge in [-0.15, -0.1) is 11.8 Å². The molecule has 5 heteroatoms. The smallest absolute Gasteiger partial charge is 0.167 e. The second-order valence-corrected chi connectivity index (χ2v) is 8.18. The molecular formula is C23H25N3OS. The number of rotatable bonds is 6. The van der Waals surface area contributed by atoms with Crippen molar-refractivity contribution >= 4 is 17.5 Å². The average molecular weight is 392 g/mol. The molecule has 1 aliphatic heterocycles. The Morgan fingerprint density at radius 1 is 1.14 bits per heavy atom. The van der Waals surface area contributed by atoms with Gasteiger partial charge in [-0.05, 0) is 49.9 Å². The zero-order valence-corrected chi connectivity index (χ0v) is 16.9. The fourth-order valence-electron chi connectivity index (χ4n) is 3.83. The Hall–Kier alpha value is -2.37. The summed E-state index contributed by atoms with van der Waals surface area (Å²) < 4.78 is 1.91. The van der Waals surface area contributed by atoms with E-state index < -0.39 is 0 Å². The number of ketones is 1. The normalized spacial score (nSPS) is 17.5. The third kappa shape index (κ3) is 4.37. The molecule has 0 saturated carbocycles. The minimum Gasteiger partial charge on any atom is -0.298 e. The van der Waals surface area contributed by atoms with Crippen LogP contribution in [0.5, 0.6) is 0 Å². The summed E-state index contributed by atoms with van der Waals surface area (Å²) in [5, 5.41) is 4.49. The zero-order chi connectivity index (χ0) is 19.3. The van der Waals surface area contributed by atoms with E-state index in [4.69, 9.17) is 0 Å². The molecule has 0 spiro atoms. The lowest BCUT2D eigenvalue weighted by Crippen LogP contribution is -2.38. The van der Waals surface area contributed by atoms with Gasteiger partial charge in [0.05, 0.1) is 11.9 Å². The van der Waals surface area contributed by atoms with E-state index in [1.807, 2.05) is 53.3 Å². The maximum Gasteiger partial charge on any atom is 0.167 e. The molecule has 1 saturated heterocycles. The molecule has 1 aromatic heterocycles. The number of nitrogens with zero attached hydrogens (tertiary/aromatic N) is 3. The predicted octanol–water partition coefficient (Wildman–Crippen LogP) is 4.69. The number of hydrogen-bond acceptors (Lipinski definition) is 4. The number of Topliss-reactive ketones (excluding diaryl/α,β-unsaturated/α-hetero) is 1. The predicted molar refractivity (Wildman–Crippen MR) is 114 cm³/mol. The first-order valence-electron chi connectivity index (χ1n) is 9.72. The third-order valence-electron chi connectivity index (χ3n) is 5.31. The summed E-state index contributed by atoms with van der Waals surface area (Å²) >= 11 is 1.70. The second kappa shape index (κ2) is 8.76. The van der Waals surface area contributed by atoms with Crippen molar-refractivity contribution in [1.29, 1.82) is 0 Å². The van der Waals surface area contributed by atoms with E-state index in [1.165, 1.54) is 10.5 Å². The highest BCUT2D eigenvalue weighted by atomic mass is 32.2. The lowest BCUT2D eigenvalue weighted by atomic mass is 9.90. The Morgan fingerprint density at radius 2 is 1.93 bits per heavy atom. The maximum absolute atomic E-state index is 12.9. The Labute approximate surface area is 170 Å². The van der Waals surface area contributed by atoms with Crippen LogP contribution in [0.3, 0.4) is 0 Å². The third-order valence-corrected chi connectivity index (χ3v) is 6.06. The number of piperidine rings is 1. The molecule has 4 rings (SSSR count). The first kappa shape index (κ1) is 19.0. The van der Waals surface area contributed by atoms with Gasteiger partial charge in [0.2, 0.25) is 0 Å². The Balaban J connectivity index is 1.40. The highest BCUT2D eigenvalue weighted by Crippen LogP contribution is 2.24. The SMILES string of the molecule is CSc1ccc(C(=O)[C@@H]2CCCN(Cc3cnn(-c4ccccc4)c3)C2)cc1. The van der Waals surface area contributed by atoms with Gasteiger partial charge in [-0.2, -0.15) is 5.10 Å². The van der Waals surface area contributed by atoms with E-state index in [-0.39, 0.29) is 11.7 Å².